The van der Waals surface area contributed by atoms with Gasteiger partial charge in [0, 0.05) is 12.5 Å². The topological polar surface area (TPSA) is 41.1 Å². The molecule has 0 bridgehead atoms. The van der Waals surface area contributed by atoms with Crippen LogP contribution in [0, 0.1) is 5.92 Å². The molecule has 3 nitrogen and oxygen atoms in total. The summed E-state index contributed by atoms with van der Waals surface area (Å²) in [5.74, 6) is 0.820. The molecule has 0 aromatic heterocycles. The monoisotopic (exact) mass is 248 g/mol. The Morgan fingerprint density at radius 3 is 2.88 bits per heavy atom. The largest absolute Gasteiger partial charge is 0.354 e. The van der Waals surface area contributed by atoms with Crippen LogP contribution in [-0.4, -0.2) is 25.0 Å². The lowest BCUT2D eigenvalue weighted by Crippen LogP contribution is -2.33. The molecule has 1 heterocycles. The number of carbonyl (C=O) groups is 1. The van der Waals surface area contributed by atoms with Crippen LogP contribution >= 0.6 is 12.4 Å². The minimum atomic E-state index is 0. The molecule has 0 aliphatic carbocycles. The highest BCUT2D eigenvalue weighted by Gasteiger charge is 2.16. The fourth-order valence-corrected chi connectivity index (χ4v) is 1.99. The Balaban J connectivity index is 0.00000225. The summed E-state index contributed by atoms with van der Waals surface area (Å²) in [4.78, 5) is 11.7. The summed E-state index contributed by atoms with van der Waals surface area (Å²) >= 11 is 0. The highest BCUT2D eigenvalue weighted by atomic mass is 35.5. The molecule has 2 N–H and O–H groups in total. The molecule has 2 unspecified atom stereocenters. The number of carbonyl (C=O) groups excluding carboxylic acids is 1. The molecule has 0 spiro atoms. The summed E-state index contributed by atoms with van der Waals surface area (Å²) in [5, 5.41) is 6.41. The van der Waals surface area contributed by atoms with E-state index in [9.17, 15) is 4.79 Å². The molecule has 1 rings (SSSR count). The molecule has 4 heteroatoms. The predicted octanol–water partition coefficient (Wildman–Crippen LogP) is 2.10. The number of rotatable bonds is 4. The Kier molecular flexibility index (Phi) is 8.67. The summed E-state index contributed by atoms with van der Waals surface area (Å²) in [7, 11) is 0. The van der Waals surface area contributed by atoms with Gasteiger partial charge in [-0.1, -0.05) is 6.92 Å². The summed E-state index contributed by atoms with van der Waals surface area (Å²) in [6, 6.07) is 0.321. The maximum atomic E-state index is 11.7. The first-order valence-electron chi connectivity index (χ1n) is 6.22. The Morgan fingerprint density at radius 2 is 2.19 bits per heavy atom. The van der Waals surface area contributed by atoms with Crippen LogP contribution in [0.5, 0.6) is 0 Å². The van der Waals surface area contributed by atoms with E-state index in [1.165, 1.54) is 12.8 Å². The summed E-state index contributed by atoms with van der Waals surface area (Å²) in [6.07, 6.45) is 5.28. The second-order valence-electron chi connectivity index (χ2n) is 4.63. The van der Waals surface area contributed by atoms with Crippen molar-refractivity contribution in [3.63, 3.8) is 0 Å². The van der Waals surface area contributed by atoms with Crippen molar-refractivity contribution in [2.75, 3.05) is 13.1 Å². The first-order chi connectivity index (χ1) is 7.22. The van der Waals surface area contributed by atoms with Crippen molar-refractivity contribution in [3.05, 3.63) is 0 Å². The first-order valence-corrected chi connectivity index (χ1v) is 6.22. The van der Waals surface area contributed by atoms with E-state index in [-0.39, 0.29) is 18.3 Å². The van der Waals surface area contributed by atoms with Crippen molar-refractivity contribution in [1.82, 2.24) is 10.6 Å². The molecule has 1 saturated heterocycles. The van der Waals surface area contributed by atoms with Crippen LogP contribution in [0.15, 0.2) is 0 Å². The van der Waals surface area contributed by atoms with Gasteiger partial charge in [-0.05, 0) is 51.6 Å². The molecule has 1 aliphatic heterocycles. The third-order valence-corrected chi connectivity index (χ3v) is 3.19. The molecule has 1 fully saturated rings. The highest BCUT2D eigenvalue weighted by molar-refractivity contribution is 5.85. The van der Waals surface area contributed by atoms with Gasteiger partial charge in [-0.15, -0.1) is 12.4 Å². The predicted molar refractivity (Wildman–Crippen MR) is 70.0 cm³/mol. The van der Waals surface area contributed by atoms with Crippen molar-refractivity contribution in [2.45, 2.75) is 52.0 Å². The molecule has 0 aromatic carbocycles. The lowest BCUT2D eigenvalue weighted by molar-refractivity contribution is -0.122. The van der Waals surface area contributed by atoms with E-state index in [0.717, 1.165) is 25.9 Å². The van der Waals surface area contributed by atoms with Gasteiger partial charge in [-0.3, -0.25) is 4.79 Å². The lowest BCUT2D eigenvalue weighted by Gasteiger charge is -2.16. The molecule has 96 valence electrons. The Labute approximate surface area is 105 Å². The zero-order valence-corrected chi connectivity index (χ0v) is 11.2. The highest BCUT2D eigenvalue weighted by Crippen LogP contribution is 2.17. The van der Waals surface area contributed by atoms with Crippen LogP contribution in [0.4, 0.5) is 0 Å². The average molecular weight is 249 g/mol. The van der Waals surface area contributed by atoms with Crippen molar-refractivity contribution >= 4 is 18.3 Å². The maximum Gasteiger partial charge on any atom is 0.220 e. The Morgan fingerprint density at radius 1 is 1.44 bits per heavy atom. The third-order valence-electron chi connectivity index (χ3n) is 3.19. The van der Waals surface area contributed by atoms with Crippen LogP contribution in [0.2, 0.25) is 0 Å². The van der Waals surface area contributed by atoms with E-state index in [0.29, 0.717) is 18.4 Å². The standard InChI is InChI=1S/C12H24N2O.ClH/c1-3-10(2)14-12(15)9-11-5-4-7-13-8-6-11;/h10-11,13H,3-9H2,1-2H3,(H,14,15);1H. The average Bonchev–Trinajstić information content (AvgIpc) is 2.46. The van der Waals surface area contributed by atoms with Gasteiger partial charge >= 0.3 is 0 Å². The van der Waals surface area contributed by atoms with Crippen LogP contribution < -0.4 is 10.6 Å². The summed E-state index contributed by atoms with van der Waals surface area (Å²) < 4.78 is 0. The van der Waals surface area contributed by atoms with Gasteiger partial charge in [0.15, 0.2) is 0 Å². The number of nitrogens with one attached hydrogen (secondary N) is 2. The maximum absolute atomic E-state index is 11.7. The van der Waals surface area contributed by atoms with E-state index < -0.39 is 0 Å². The Hall–Kier alpha value is -0.280. The molecule has 0 saturated carbocycles. The minimum Gasteiger partial charge on any atom is -0.354 e. The van der Waals surface area contributed by atoms with Crippen LogP contribution in [-0.2, 0) is 4.79 Å². The minimum absolute atomic E-state index is 0. The van der Waals surface area contributed by atoms with Gasteiger partial charge in [-0.25, -0.2) is 0 Å². The van der Waals surface area contributed by atoms with Crippen LogP contribution in [0.25, 0.3) is 0 Å². The molecule has 1 aliphatic rings. The lowest BCUT2D eigenvalue weighted by atomic mass is 9.96. The molecule has 1 amide bonds. The van der Waals surface area contributed by atoms with E-state index in [4.69, 9.17) is 0 Å². The van der Waals surface area contributed by atoms with Gasteiger partial charge in [0.1, 0.15) is 0 Å². The zero-order chi connectivity index (χ0) is 11.1. The van der Waals surface area contributed by atoms with Crippen LogP contribution in [0.1, 0.15) is 46.0 Å². The van der Waals surface area contributed by atoms with Crippen molar-refractivity contribution in [1.29, 1.82) is 0 Å². The number of hydrogen-bond acceptors (Lipinski definition) is 2. The number of halogens is 1. The molecular weight excluding hydrogens is 224 g/mol. The van der Waals surface area contributed by atoms with Gasteiger partial charge in [0.2, 0.25) is 5.91 Å². The van der Waals surface area contributed by atoms with Gasteiger partial charge in [0.25, 0.3) is 0 Å². The fourth-order valence-electron chi connectivity index (χ4n) is 1.99. The van der Waals surface area contributed by atoms with Gasteiger partial charge in [-0.2, -0.15) is 0 Å². The molecule has 0 aromatic rings. The smallest absolute Gasteiger partial charge is 0.220 e. The summed E-state index contributed by atoms with van der Waals surface area (Å²) in [6.45, 7) is 6.35. The normalized spacial score (nSPS) is 22.8. The number of amides is 1. The molecule has 2 atom stereocenters. The molecule has 0 radical (unpaired) electrons. The fraction of sp³-hybridized carbons (Fsp3) is 0.917. The quantitative estimate of drug-likeness (QED) is 0.800. The Bertz CT molecular complexity index is 191. The van der Waals surface area contributed by atoms with E-state index in [2.05, 4.69) is 24.5 Å². The second kappa shape index (κ2) is 8.82. The SMILES string of the molecule is CCC(C)NC(=O)CC1CCCNCC1.Cl. The van der Waals surface area contributed by atoms with Crippen molar-refractivity contribution in [3.8, 4) is 0 Å². The third kappa shape index (κ3) is 6.33. The van der Waals surface area contributed by atoms with Gasteiger partial charge < -0.3 is 10.6 Å². The summed E-state index contributed by atoms with van der Waals surface area (Å²) in [5.41, 5.74) is 0. The molecule has 16 heavy (non-hydrogen) atoms. The van der Waals surface area contributed by atoms with E-state index in [1.54, 1.807) is 0 Å². The van der Waals surface area contributed by atoms with Crippen molar-refractivity contribution in [2.24, 2.45) is 5.92 Å². The van der Waals surface area contributed by atoms with E-state index in [1.807, 2.05) is 0 Å². The van der Waals surface area contributed by atoms with E-state index >= 15 is 0 Å². The first kappa shape index (κ1) is 15.7. The molecular formula is C12H25ClN2O. The second-order valence-corrected chi connectivity index (χ2v) is 4.63. The van der Waals surface area contributed by atoms with Gasteiger partial charge in [0.05, 0.1) is 0 Å². The number of hydrogen-bond donors (Lipinski definition) is 2. The van der Waals surface area contributed by atoms with Crippen molar-refractivity contribution < 1.29 is 4.79 Å². The zero-order valence-electron chi connectivity index (χ0n) is 10.4. The van der Waals surface area contributed by atoms with Crippen LogP contribution in [0.3, 0.4) is 0 Å².